The van der Waals surface area contributed by atoms with E-state index in [-0.39, 0.29) is 11.5 Å². The third-order valence-electron chi connectivity index (χ3n) is 2.49. The summed E-state index contributed by atoms with van der Waals surface area (Å²) < 4.78 is 4.61. The van der Waals surface area contributed by atoms with Crippen LogP contribution in [0.4, 0.5) is 5.82 Å². The average molecular weight is 243 g/mol. The Balaban J connectivity index is 2.50. The minimum absolute atomic E-state index is 0.0384. The highest BCUT2D eigenvalue weighted by molar-refractivity contribution is 5.92. The topological polar surface area (TPSA) is 78.1 Å². The summed E-state index contributed by atoms with van der Waals surface area (Å²) >= 11 is 0. The minimum Gasteiger partial charge on any atom is -0.464 e. The van der Waals surface area contributed by atoms with Crippen LogP contribution in [0.3, 0.4) is 0 Å². The Labute approximate surface area is 105 Å². The van der Waals surface area contributed by atoms with Crippen LogP contribution < -0.4 is 5.73 Å². The molecule has 1 aromatic heterocycles. The number of methoxy groups -OCH3 is 1. The molecule has 0 aliphatic carbocycles. The van der Waals surface area contributed by atoms with Gasteiger partial charge in [0.25, 0.3) is 0 Å². The molecule has 2 rings (SSSR count). The summed E-state index contributed by atoms with van der Waals surface area (Å²) in [5, 5.41) is 0. The highest BCUT2D eigenvalue weighted by Gasteiger charge is 2.14. The van der Waals surface area contributed by atoms with E-state index >= 15 is 0 Å². The molecule has 5 nitrogen and oxygen atoms in total. The lowest BCUT2D eigenvalue weighted by Crippen LogP contribution is -2.10. The van der Waals surface area contributed by atoms with Gasteiger partial charge in [0.15, 0.2) is 11.5 Å². The van der Waals surface area contributed by atoms with Gasteiger partial charge in [-0.25, -0.2) is 14.8 Å². The number of benzene rings is 1. The van der Waals surface area contributed by atoms with Gasteiger partial charge in [0.2, 0.25) is 0 Å². The van der Waals surface area contributed by atoms with Crippen molar-refractivity contribution in [3.8, 4) is 11.3 Å². The quantitative estimate of drug-likeness (QED) is 0.814. The number of ether oxygens (including phenoxy) is 1. The fraction of sp³-hybridized carbons (Fsp3) is 0.154. The normalized spacial score (nSPS) is 10.1. The number of aryl methyl sites for hydroxylation is 1. The standard InChI is InChI=1S/C13H13N3O2/c1-8-4-3-5-9(6-8)10-7-15-12(14)11(16-10)13(17)18-2/h3-7H,1-2H3,(H2,14,15). The van der Waals surface area contributed by atoms with E-state index in [9.17, 15) is 4.79 Å². The van der Waals surface area contributed by atoms with Crippen LogP contribution in [0.5, 0.6) is 0 Å². The molecule has 0 atom stereocenters. The van der Waals surface area contributed by atoms with Gasteiger partial charge >= 0.3 is 5.97 Å². The van der Waals surface area contributed by atoms with Gasteiger partial charge in [0.1, 0.15) is 0 Å². The highest BCUT2D eigenvalue weighted by Crippen LogP contribution is 2.19. The number of carbonyl (C=O) groups is 1. The summed E-state index contributed by atoms with van der Waals surface area (Å²) in [6.07, 6.45) is 1.54. The van der Waals surface area contributed by atoms with Crippen LogP contribution in [-0.4, -0.2) is 23.0 Å². The molecule has 0 fully saturated rings. The first-order chi connectivity index (χ1) is 8.61. The number of nitrogen functional groups attached to an aromatic ring is 1. The maximum atomic E-state index is 11.5. The Morgan fingerprint density at radius 2 is 2.17 bits per heavy atom. The summed E-state index contributed by atoms with van der Waals surface area (Å²) in [7, 11) is 1.28. The predicted molar refractivity (Wildman–Crippen MR) is 68.0 cm³/mol. The lowest BCUT2D eigenvalue weighted by molar-refractivity contribution is 0.0595. The minimum atomic E-state index is -0.588. The number of rotatable bonds is 2. The molecule has 0 amide bonds. The summed E-state index contributed by atoms with van der Waals surface area (Å²) in [6.45, 7) is 1.98. The largest absolute Gasteiger partial charge is 0.464 e. The van der Waals surface area contributed by atoms with Crippen molar-refractivity contribution in [3.63, 3.8) is 0 Å². The average Bonchev–Trinajstić information content (AvgIpc) is 2.38. The monoisotopic (exact) mass is 243 g/mol. The van der Waals surface area contributed by atoms with Crippen LogP contribution in [0.1, 0.15) is 16.1 Å². The zero-order valence-electron chi connectivity index (χ0n) is 10.2. The van der Waals surface area contributed by atoms with Crippen molar-refractivity contribution in [1.29, 1.82) is 0 Å². The van der Waals surface area contributed by atoms with Crippen molar-refractivity contribution >= 4 is 11.8 Å². The Morgan fingerprint density at radius 1 is 1.39 bits per heavy atom. The van der Waals surface area contributed by atoms with Gasteiger partial charge < -0.3 is 10.5 Å². The van der Waals surface area contributed by atoms with E-state index in [0.717, 1.165) is 11.1 Å². The zero-order valence-corrected chi connectivity index (χ0v) is 10.2. The number of anilines is 1. The van der Waals surface area contributed by atoms with Crippen molar-refractivity contribution in [2.75, 3.05) is 12.8 Å². The molecule has 5 heteroatoms. The molecule has 0 radical (unpaired) electrons. The van der Waals surface area contributed by atoms with Crippen LogP contribution in [0.25, 0.3) is 11.3 Å². The fourth-order valence-electron chi connectivity index (χ4n) is 1.59. The van der Waals surface area contributed by atoms with Gasteiger partial charge in [0, 0.05) is 5.56 Å². The van der Waals surface area contributed by atoms with Crippen LogP contribution in [-0.2, 0) is 4.74 Å². The summed E-state index contributed by atoms with van der Waals surface area (Å²) in [5.74, 6) is -0.521. The molecule has 0 unspecified atom stereocenters. The van der Waals surface area contributed by atoms with Gasteiger partial charge in [-0.05, 0) is 13.0 Å². The van der Waals surface area contributed by atoms with Gasteiger partial charge in [-0.15, -0.1) is 0 Å². The molecule has 1 aromatic carbocycles. The molecule has 2 N–H and O–H groups in total. The second kappa shape index (κ2) is 4.83. The van der Waals surface area contributed by atoms with E-state index in [1.807, 2.05) is 31.2 Å². The van der Waals surface area contributed by atoms with Crippen molar-refractivity contribution in [3.05, 3.63) is 41.7 Å². The molecule has 0 saturated heterocycles. The van der Waals surface area contributed by atoms with Crippen molar-refractivity contribution in [1.82, 2.24) is 9.97 Å². The van der Waals surface area contributed by atoms with Gasteiger partial charge in [0.05, 0.1) is 19.0 Å². The summed E-state index contributed by atoms with van der Waals surface area (Å²) in [6, 6.07) is 7.76. The van der Waals surface area contributed by atoms with Gasteiger partial charge in [-0.3, -0.25) is 0 Å². The molecule has 2 aromatic rings. The number of carbonyl (C=O) groups excluding carboxylic acids is 1. The summed E-state index contributed by atoms with van der Waals surface area (Å²) in [5.41, 5.74) is 8.21. The molecular formula is C13H13N3O2. The first kappa shape index (κ1) is 12.0. The molecule has 0 aliphatic rings. The third kappa shape index (κ3) is 2.29. The lowest BCUT2D eigenvalue weighted by Gasteiger charge is -2.06. The Morgan fingerprint density at radius 3 is 2.83 bits per heavy atom. The predicted octanol–water partition coefficient (Wildman–Crippen LogP) is 1.82. The number of nitrogens with two attached hydrogens (primary N) is 1. The molecule has 0 bridgehead atoms. The van der Waals surface area contributed by atoms with Gasteiger partial charge in [-0.1, -0.05) is 23.8 Å². The maximum absolute atomic E-state index is 11.5. The van der Waals surface area contributed by atoms with E-state index in [1.165, 1.54) is 13.3 Å². The van der Waals surface area contributed by atoms with E-state index in [4.69, 9.17) is 5.73 Å². The van der Waals surface area contributed by atoms with Crippen molar-refractivity contribution in [2.45, 2.75) is 6.92 Å². The molecule has 18 heavy (non-hydrogen) atoms. The van der Waals surface area contributed by atoms with Crippen LogP contribution >= 0.6 is 0 Å². The Kier molecular flexibility index (Phi) is 3.23. The maximum Gasteiger partial charge on any atom is 0.360 e. The number of aromatic nitrogens is 2. The van der Waals surface area contributed by atoms with Gasteiger partial charge in [-0.2, -0.15) is 0 Å². The smallest absolute Gasteiger partial charge is 0.360 e. The second-order valence-corrected chi connectivity index (χ2v) is 3.85. The molecule has 0 spiro atoms. The third-order valence-corrected chi connectivity index (χ3v) is 2.49. The molecule has 1 heterocycles. The van der Waals surface area contributed by atoms with E-state index in [2.05, 4.69) is 14.7 Å². The molecule has 0 saturated carbocycles. The van der Waals surface area contributed by atoms with Crippen molar-refractivity contribution < 1.29 is 9.53 Å². The van der Waals surface area contributed by atoms with Crippen LogP contribution in [0, 0.1) is 6.92 Å². The number of hydrogen-bond donors (Lipinski definition) is 1. The SMILES string of the molecule is COC(=O)c1nc(-c2cccc(C)c2)cnc1N. The summed E-state index contributed by atoms with van der Waals surface area (Å²) in [4.78, 5) is 19.6. The van der Waals surface area contributed by atoms with Crippen LogP contribution in [0.2, 0.25) is 0 Å². The first-order valence-electron chi connectivity index (χ1n) is 5.39. The Bertz CT molecular complexity index is 597. The molecular weight excluding hydrogens is 230 g/mol. The van der Waals surface area contributed by atoms with Crippen LogP contribution in [0.15, 0.2) is 30.5 Å². The molecule has 92 valence electrons. The van der Waals surface area contributed by atoms with Crippen molar-refractivity contribution in [2.24, 2.45) is 0 Å². The highest BCUT2D eigenvalue weighted by atomic mass is 16.5. The fourth-order valence-corrected chi connectivity index (χ4v) is 1.59. The van der Waals surface area contributed by atoms with E-state index < -0.39 is 5.97 Å². The first-order valence-corrected chi connectivity index (χ1v) is 5.39. The molecule has 0 aliphatic heterocycles. The number of esters is 1. The zero-order chi connectivity index (χ0) is 13.1. The number of nitrogens with zero attached hydrogens (tertiary/aromatic N) is 2. The Hall–Kier alpha value is -2.43. The number of hydrogen-bond acceptors (Lipinski definition) is 5. The second-order valence-electron chi connectivity index (χ2n) is 3.85. The lowest BCUT2D eigenvalue weighted by atomic mass is 10.1. The van der Waals surface area contributed by atoms with E-state index in [0.29, 0.717) is 5.69 Å². The van der Waals surface area contributed by atoms with E-state index in [1.54, 1.807) is 0 Å².